The number of carboxylic acid groups (broad SMARTS) is 1. The summed E-state index contributed by atoms with van der Waals surface area (Å²) in [7, 11) is 0. The molecule has 0 saturated heterocycles. The number of anilines is 2. The fourth-order valence-electron chi connectivity index (χ4n) is 5.41. The van der Waals surface area contributed by atoms with Gasteiger partial charge < -0.3 is 25.5 Å². The number of furan rings is 1. The molecule has 2 unspecified atom stereocenters. The van der Waals surface area contributed by atoms with E-state index < -0.39 is 12.0 Å². The van der Waals surface area contributed by atoms with Crippen LogP contribution in [0.1, 0.15) is 55.1 Å². The van der Waals surface area contributed by atoms with E-state index in [0.29, 0.717) is 24.2 Å². The van der Waals surface area contributed by atoms with Crippen LogP contribution < -0.4 is 16.0 Å². The first-order chi connectivity index (χ1) is 19.3. The highest BCUT2D eigenvalue weighted by Crippen LogP contribution is 2.44. The second kappa shape index (κ2) is 12.0. The van der Waals surface area contributed by atoms with Gasteiger partial charge in [0.25, 0.3) is 5.91 Å². The molecule has 0 spiro atoms. The summed E-state index contributed by atoms with van der Waals surface area (Å²) in [5, 5.41) is 18.9. The smallest absolute Gasteiger partial charge is 0.303 e. The van der Waals surface area contributed by atoms with Crippen molar-refractivity contribution < 1.29 is 23.9 Å². The Labute approximate surface area is 237 Å². The molecule has 0 bridgehead atoms. The van der Waals surface area contributed by atoms with Gasteiger partial charge in [-0.1, -0.05) is 49.9 Å². The number of para-hydroxylation sites is 1. The Morgan fingerprint density at radius 2 is 1.88 bits per heavy atom. The number of allylic oxidation sites excluding steroid dienone is 1. The third-order valence-corrected chi connectivity index (χ3v) is 8.38. The van der Waals surface area contributed by atoms with Crippen LogP contribution in [0.25, 0.3) is 0 Å². The maximum Gasteiger partial charge on any atom is 0.303 e. The maximum absolute atomic E-state index is 13.6. The summed E-state index contributed by atoms with van der Waals surface area (Å²) < 4.78 is 5.66. The van der Waals surface area contributed by atoms with Crippen LogP contribution in [0.2, 0.25) is 0 Å². The van der Waals surface area contributed by atoms with E-state index in [9.17, 15) is 19.5 Å². The van der Waals surface area contributed by atoms with Crippen molar-refractivity contribution in [3.8, 4) is 0 Å². The number of carboxylic acids is 1. The number of amides is 2. The van der Waals surface area contributed by atoms with Crippen LogP contribution in [0.5, 0.6) is 0 Å². The number of fused-ring (bicyclic) bond motifs is 2. The Balaban J connectivity index is 1.32. The molecule has 8 nitrogen and oxygen atoms in total. The lowest BCUT2D eigenvalue weighted by Gasteiger charge is -2.34. The third-order valence-electron chi connectivity index (χ3n) is 7.22. The number of hydrogen-bond donors (Lipinski definition) is 4. The van der Waals surface area contributed by atoms with Crippen LogP contribution in [-0.4, -0.2) is 35.0 Å². The zero-order valence-electron chi connectivity index (χ0n) is 22.4. The third kappa shape index (κ3) is 6.25. The first kappa shape index (κ1) is 27.6. The fraction of sp³-hybridized carbons (Fsp3) is 0.323. The number of carbonyl (C=O) groups excluding carboxylic acids is 2. The SMILES string of the molecule is CC(C)C[C@H](NC(=O)c1ccc2c(c1)Nc1ccccc1S2)C(=O)N[C@H]1CC=CC(CC(=O)O)C1c1ccco1. The lowest BCUT2D eigenvalue weighted by atomic mass is 9.77. The van der Waals surface area contributed by atoms with Crippen LogP contribution >= 0.6 is 11.8 Å². The molecule has 2 aromatic carbocycles. The molecule has 4 N–H and O–H groups in total. The summed E-state index contributed by atoms with van der Waals surface area (Å²) in [6, 6.07) is 16.0. The summed E-state index contributed by atoms with van der Waals surface area (Å²) in [6.45, 7) is 4.00. The van der Waals surface area contributed by atoms with Gasteiger partial charge in [0.2, 0.25) is 5.91 Å². The van der Waals surface area contributed by atoms with Crippen LogP contribution in [0.15, 0.2) is 87.2 Å². The highest BCUT2D eigenvalue weighted by atomic mass is 32.2. The number of hydrogen-bond acceptors (Lipinski definition) is 6. The summed E-state index contributed by atoms with van der Waals surface area (Å²) in [5.41, 5.74) is 2.30. The van der Waals surface area contributed by atoms with E-state index in [1.54, 1.807) is 30.2 Å². The van der Waals surface area contributed by atoms with E-state index in [2.05, 4.69) is 16.0 Å². The second-order valence-corrected chi connectivity index (χ2v) is 11.8. The van der Waals surface area contributed by atoms with Gasteiger partial charge in [-0.2, -0.15) is 0 Å². The molecule has 40 heavy (non-hydrogen) atoms. The predicted molar refractivity (Wildman–Crippen MR) is 154 cm³/mol. The first-order valence-electron chi connectivity index (χ1n) is 13.5. The van der Waals surface area contributed by atoms with Gasteiger partial charge in [0.1, 0.15) is 11.8 Å². The van der Waals surface area contributed by atoms with E-state index in [0.717, 1.165) is 21.2 Å². The quantitative estimate of drug-likeness (QED) is 0.187. The van der Waals surface area contributed by atoms with Crippen molar-refractivity contribution in [2.24, 2.45) is 11.8 Å². The molecule has 2 amide bonds. The van der Waals surface area contributed by atoms with Crippen molar-refractivity contribution in [1.82, 2.24) is 10.6 Å². The molecule has 5 rings (SSSR count). The van der Waals surface area contributed by atoms with Gasteiger partial charge in [0.15, 0.2) is 0 Å². The molecule has 0 saturated carbocycles. The van der Waals surface area contributed by atoms with E-state index in [1.165, 1.54) is 0 Å². The Bertz CT molecular complexity index is 1420. The molecule has 2 heterocycles. The predicted octanol–water partition coefficient (Wildman–Crippen LogP) is 5.95. The molecule has 3 aromatic rings. The normalized spacial score (nSPS) is 20.1. The standard InChI is InChI=1S/C31H33N3O5S/c1-18(2)15-24(31(38)33-22-9-5-7-19(17-28(35)36)29(22)25-10-6-14-39-25)34-30(37)20-12-13-27-23(16-20)32-21-8-3-4-11-26(21)40-27/h3-8,10-14,16,18-19,22,24,29,32H,9,15,17H2,1-2H3,(H,33,38)(H,34,37)(H,35,36)/t19?,22-,24-,29?/m0/s1. The minimum absolute atomic E-state index is 0.0739. The van der Waals surface area contributed by atoms with Crippen LogP contribution in [0.4, 0.5) is 11.4 Å². The first-order valence-corrected chi connectivity index (χ1v) is 14.3. The van der Waals surface area contributed by atoms with Gasteiger partial charge in [-0.15, -0.1) is 0 Å². The molecule has 4 atom stereocenters. The van der Waals surface area contributed by atoms with Gasteiger partial charge in [-0.3, -0.25) is 14.4 Å². The van der Waals surface area contributed by atoms with Gasteiger partial charge in [0.05, 0.1) is 24.1 Å². The van der Waals surface area contributed by atoms with E-state index in [-0.39, 0.29) is 42.0 Å². The molecular formula is C31H33N3O5S. The Kier molecular flexibility index (Phi) is 8.30. The summed E-state index contributed by atoms with van der Waals surface area (Å²) in [4.78, 5) is 40.7. The average Bonchev–Trinajstić information content (AvgIpc) is 3.45. The zero-order valence-corrected chi connectivity index (χ0v) is 23.2. The number of nitrogens with one attached hydrogen (secondary N) is 3. The monoisotopic (exact) mass is 559 g/mol. The second-order valence-electron chi connectivity index (χ2n) is 10.7. The average molecular weight is 560 g/mol. The molecule has 2 aliphatic rings. The van der Waals surface area contributed by atoms with E-state index in [1.807, 2.05) is 68.5 Å². The van der Waals surface area contributed by atoms with Crippen molar-refractivity contribution >= 4 is 40.9 Å². The molecule has 9 heteroatoms. The molecule has 1 aromatic heterocycles. The lowest BCUT2D eigenvalue weighted by molar-refractivity contribution is -0.138. The fourth-order valence-corrected chi connectivity index (χ4v) is 6.38. The van der Waals surface area contributed by atoms with Crippen LogP contribution in [0.3, 0.4) is 0 Å². The zero-order chi connectivity index (χ0) is 28.2. The number of aliphatic carboxylic acids is 1. The minimum atomic E-state index is -0.912. The van der Waals surface area contributed by atoms with Crippen LogP contribution in [-0.2, 0) is 9.59 Å². The largest absolute Gasteiger partial charge is 0.481 e. The van der Waals surface area contributed by atoms with Crippen molar-refractivity contribution in [2.45, 2.75) is 60.9 Å². The number of rotatable bonds is 9. The van der Waals surface area contributed by atoms with Gasteiger partial charge >= 0.3 is 5.97 Å². The van der Waals surface area contributed by atoms with Crippen molar-refractivity contribution in [1.29, 1.82) is 0 Å². The van der Waals surface area contributed by atoms with Gasteiger partial charge in [0, 0.05) is 27.3 Å². The van der Waals surface area contributed by atoms with Crippen molar-refractivity contribution in [2.75, 3.05) is 5.32 Å². The molecule has 1 aliphatic heterocycles. The summed E-state index contributed by atoms with van der Waals surface area (Å²) in [5.74, 6) is -1.41. The van der Waals surface area contributed by atoms with E-state index >= 15 is 0 Å². The Hall–Kier alpha value is -3.98. The number of carbonyl (C=O) groups is 3. The Morgan fingerprint density at radius 3 is 2.62 bits per heavy atom. The highest BCUT2D eigenvalue weighted by molar-refractivity contribution is 7.99. The highest BCUT2D eigenvalue weighted by Gasteiger charge is 2.37. The van der Waals surface area contributed by atoms with Gasteiger partial charge in [-0.05, 0) is 67.1 Å². The number of benzene rings is 2. The Morgan fingerprint density at radius 1 is 1.07 bits per heavy atom. The molecular weight excluding hydrogens is 526 g/mol. The maximum atomic E-state index is 13.6. The summed E-state index contributed by atoms with van der Waals surface area (Å²) >= 11 is 1.64. The minimum Gasteiger partial charge on any atom is -0.481 e. The van der Waals surface area contributed by atoms with E-state index in [4.69, 9.17) is 4.42 Å². The topological polar surface area (TPSA) is 121 Å². The lowest BCUT2D eigenvalue weighted by Crippen LogP contribution is -2.52. The van der Waals surface area contributed by atoms with Crippen molar-refractivity contribution in [3.05, 3.63) is 84.3 Å². The van der Waals surface area contributed by atoms with Gasteiger partial charge in [-0.25, -0.2) is 0 Å². The molecule has 0 radical (unpaired) electrons. The summed E-state index contributed by atoms with van der Waals surface area (Å²) in [6.07, 6.45) is 6.26. The van der Waals surface area contributed by atoms with Crippen molar-refractivity contribution in [3.63, 3.8) is 0 Å². The molecule has 208 valence electrons. The van der Waals surface area contributed by atoms with Crippen LogP contribution in [0, 0.1) is 11.8 Å². The molecule has 0 fully saturated rings. The molecule has 1 aliphatic carbocycles.